The summed E-state index contributed by atoms with van der Waals surface area (Å²) in [5.41, 5.74) is 1.08. The second-order valence-corrected chi connectivity index (χ2v) is 15.8. The van der Waals surface area contributed by atoms with Gasteiger partial charge in [-0.05, 0) is 55.7 Å². The number of rotatable bonds is 5. The van der Waals surface area contributed by atoms with Crippen LogP contribution in [0.2, 0.25) is 16.6 Å². The number of carbonyl (C=O) groups excluding carboxylic acids is 1. The highest BCUT2D eigenvalue weighted by Crippen LogP contribution is 2.52. The number of hydrogen-bond acceptors (Lipinski definition) is 2. The summed E-state index contributed by atoms with van der Waals surface area (Å²) in [6.45, 7) is 18.3. The maximum Gasteiger partial charge on any atom is 0.201 e. The van der Waals surface area contributed by atoms with Gasteiger partial charge in [0, 0.05) is 11.8 Å². The zero-order chi connectivity index (χ0) is 19.8. The highest BCUT2D eigenvalue weighted by atomic mass is 28.4. The molecule has 0 N–H and O–H groups in total. The molecule has 0 aliphatic heterocycles. The predicted molar refractivity (Wildman–Crippen MR) is 114 cm³/mol. The van der Waals surface area contributed by atoms with Gasteiger partial charge in [0.05, 0.1) is 5.60 Å². The molecule has 1 saturated carbocycles. The first-order valence-corrected chi connectivity index (χ1v) is 13.0. The molecule has 2 aliphatic carbocycles. The van der Waals surface area contributed by atoms with E-state index < -0.39 is 8.32 Å². The number of allylic oxidation sites excluding steroid dienone is 2. The van der Waals surface area contributed by atoms with Gasteiger partial charge >= 0.3 is 0 Å². The van der Waals surface area contributed by atoms with Crippen LogP contribution in [0.5, 0.6) is 0 Å². The average molecular weight is 379 g/mol. The van der Waals surface area contributed by atoms with Crippen LogP contribution in [-0.4, -0.2) is 19.7 Å². The average Bonchev–Trinajstić information content (AvgIpc) is 2.52. The second-order valence-electron chi connectivity index (χ2n) is 10.4. The first-order valence-electron chi connectivity index (χ1n) is 10.9. The number of hydrogen-bond donors (Lipinski definition) is 0. The first-order chi connectivity index (χ1) is 12.0. The van der Waals surface area contributed by atoms with E-state index in [2.05, 4.69) is 67.5 Å². The fraction of sp³-hybridized carbons (Fsp3) is 0.870. The van der Waals surface area contributed by atoms with Crippen LogP contribution in [0.25, 0.3) is 0 Å². The van der Waals surface area contributed by atoms with Crippen molar-refractivity contribution in [3.8, 4) is 0 Å². The number of fused-ring (bicyclic) bond motifs is 1. The molecule has 3 heteroatoms. The van der Waals surface area contributed by atoms with Crippen LogP contribution >= 0.6 is 0 Å². The van der Waals surface area contributed by atoms with Crippen molar-refractivity contribution in [3.05, 3.63) is 12.2 Å². The van der Waals surface area contributed by atoms with Crippen LogP contribution in [0, 0.1) is 11.3 Å². The lowest BCUT2D eigenvalue weighted by molar-refractivity contribution is -0.134. The molecule has 1 fully saturated rings. The van der Waals surface area contributed by atoms with Crippen molar-refractivity contribution in [2.75, 3.05) is 0 Å². The van der Waals surface area contributed by atoms with Crippen molar-refractivity contribution in [2.24, 2.45) is 11.3 Å². The number of ketones is 1. The summed E-state index contributed by atoms with van der Waals surface area (Å²) in [6, 6.07) is 0. The summed E-state index contributed by atoms with van der Waals surface area (Å²) in [6.07, 6.45) is 10.8. The van der Waals surface area contributed by atoms with Gasteiger partial charge in [0.1, 0.15) is 5.78 Å². The maximum absolute atomic E-state index is 13.2. The highest BCUT2D eigenvalue weighted by Gasteiger charge is 2.54. The third-order valence-electron chi connectivity index (χ3n) is 7.37. The molecule has 0 unspecified atom stereocenters. The van der Waals surface area contributed by atoms with Gasteiger partial charge in [-0.25, -0.2) is 0 Å². The predicted octanol–water partition coefficient (Wildman–Crippen LogP) is 7.05. The van der Waals surface area contributed by atoms with Gasteiger partial charge in [0.15, 0.2) is 0 Å². The largest absolute Gasteiger partial charge is 0.410 e. The van der Waals surface area contributed by atoms with E-state index >= 15 is 0 Å². The Morgan fingerprint density at radius 2 is 1.62 bits per heavy atom. The second kappa shape index (κ2) is 7.91. The molecule has 2 aliphatic rings. The monoisotopic (exact) mass is 378 g/mol. The SMILES string of the molecule is CC(C)[Si](O[C@@]12CCCC[C@H]1C/C=C\C(C)(C)C(=O)C2)(C(C)C)C(C)C. The zero-order valence-corrected chi connectivity index (χ0v) is 19.5. The molecule has 0 saturated heterocycles. The molecule has 0 aromatic carbocycles. The molecule has 0 aromatic rings. The maximum atomic E-state index is 13.2. The molecule has 0 radical (unpaired) electrons. The Balaban J connectivity index is 2.52. The van der Waals surface area contributed by atoms with Crippen molar-refractivity contribution in [1.29, 1.82) is 0 Å². The highest BCUT2D eigenvalue weighted by molar-refractivity contribution is 6.77. The molecule has 0 amide bonds. The van der Waals surface area contributed by atoms with E-state index in [1.165, 1.54) is 19.3 Å². The summed E-state index contributed by atoms with van der Waals surface area (Å²) in [5.74, 6) is 0.857. The summed E-state index contributed by atoms with van der Waals surface area (Å²) in [4.78, 5) is 13.2. The van der Waals surface area contributed by atoms with Crippen LogP contribution in [0.4, 0.5) is 0 Å². The Morgan fingerprint density at radius 3 is 2.15 bits per heavy atom. The molecular weight excluding hydrogens is 336 g/mol. The van der Waals surface area contributed by atoms with E-state index in [-0.39, 0.29) is 11.0 Å². The van der Waals surface area contributed by atoms with Gasteiger partial charge in [-0.3, -0.25) is 4.79 Å². The summed E-state index contributed by atoms with van der Waals surface area (Å²) in [5, 5.41) is 0. The lowest BCUT2D eigenvalue weighted by atomic mass is 9.67. The Hall–Kier alpha value is -0.413. The molecule has 2 nitrogen and oxygen atoms in total. The zero-order valence-electron chi connectivity index (χ0n) is 18.5. The standard InChI is InChI=1S/C23H42O2Si/c1-17(2)26(18(3)4,19(5)6)25-23-15-10-9-12-20(23)13-11-14-22(7,8)21(24)16-23/h11,14,17-20H,9-10,12-13,15-16H2,1-8H3/b14-11-/t20-,23+/m0/s1. The van der Waals surface area contributed by atoms with Gasteiger partial charge in [-0.2, -0.15) is 0 Å². The molecule has 26 heavy (non-hydrogen) atoms. The van der Waals surface area contributed by atoms with Crippen LogP contribution in [-0.2, 0) is 9.22 Å². The van der Waals surface area contributed by atoms with E-state index in [1.54, 1.807) is 0 Å². The lowest BCUT2D eigenvalue weighted by Gasteiger charge is -2.54. The minimum atomic E-state index is -2.02. The lowest BCUT2D eigenvalue weighted by Crippen LogP contribution is -2.59. The van der Waals surface area contributed by atoms with Crippen molar-refractivity contribution in [3.63, 3.8) is 0 Å². The van der Waals surface area contributed by atoms with Crippen LogP contribution < -0.4 is 0 Å². The Bertz CT molecular complexity index is 511. The minimum Gasteiger partial charge on any atom is -0.410 e. The number of carbonyl (C=O) groups is 1. The smallest absolute Gasteiger partial charge is 0.201 e. The van der Waals surface area contributed by atoms with Crippen molar-refractivity contribution < 1.29 is 9.22 Å². The van der Waals surface area contributed by atoms with Crippen LogP contribution in [0.15, 0.2) is 12.2 Å². The van der Waals surface area contributed by atoms with Crippen LogP contribution in [0.3, 0.4) is 0 Å². The van der Waals surface area contributed by atoms with Gasteiger partial charge < -0.3 is 4.43 Å². The molecular formula is C23H42O2Si. The quantitative estimate of drug-likeness (QED) is 0.378. The van der Waals surface area contributed by atoms with E-state index in [4.69, 9.17) is 4.43 Å². The van der Waals surface area contributed by atoms with E-state index in [1.807, 2.05) is 0 Å². The summed E-state index contributed by atoms with van der Waals surface area (Å²) >= 11 is 0. The molecule has 2 atom stereocenters. The normalized spacial score (nSPS) is 31.0. The van der Waals surface area contributed by atoms with Crippen molar-refractivity contribution in [1.82, 2.24) is 0 Å². The van der Waals surface area contributed by atoms with Gasteiger partial charge in [0.25, 0.3) is 0 Å². The molecule has 0 heterocycles. The molecule has 0 aromatic heterocycles. The topological polar surface area (TPSA) is 26.3 Å². The fourth-order valence-corrected chi connectivity index (χ4v) is 11.6. The molecule has 0 bridgehead atoms. The van der Waals surface area contributed by atoms with Crippen LogP contribution in [0.1, 0.15) is 93.9 Å². The minimum absolute atomic E-state index is 0.234. The van der Waals surface area contributed by atoms with E-state index in [9.17, 15) is 4.79 Å². The number of Topliss-reactive ketones (excluding diaryl/α,β-unsaturated/α-hetero) is 1. The summed E-state index contributed by atoms with van der Waals surface area (Å²) in [7, 11) is -2.02. The van der Waals surface area contributed by atoms with E-state index in [0.29, 0.717) is 34.7 Å². The fourth-order valence-electron chi connectivity index (χ4n) is 5.84. The molecule has 150 valence electrons. The molecule has 2 rings (SSSR count). The van der Waals surface area contributed by atoms with Crippen molar-refractivity contribution in [2.45, 2.75) is 116 Å². The van der Waals surface area contributed by atoms with E-state index in [0.717, 1.165) is 12.8 Å². The summed E-state index contributed by atoms with van der Waals surface area (Å²) < 4.78 is 7.44. The molecule has 0 spiro atoms. The van der Waals surface area contributed by atoms with Gasteiger partial charge in [-0.15, -0.1) is 0 Å². The van der Waals surface area contributed by atoms with Crippen molar-refractivity contribution >= 4 is 14.1 Å². The van der Waals surface area contributed by atoms with Gasteiger partial charge in [0.2, 0.25) is 8.32 Å². The van der Waals surface area contributed by atoms with Gasteiger partial charge in [-0.1, -0.05) is 66.5 Å². The Kier molecular flexibility index (Phi) is 6.66. The third kappa shape index (κ3) is 3.89. The Morgan fingerprint density at radius 1 is 1.04 bits per heavy atom. The first kappa shape index (κ1) is 21.9. The third-order valence-corrected chi connectivity index (χ3v) is 13.5. The Labute approximate surface area is 163 Å².